The highest BCUT2D eigenvalue weighted by atomic mass is 16.2. The predicted octanol–water partition coefficient (Wildman–Crippen LogP) is 4.14. The number of aryl methyl sites for hydroxylation is 2. The largest absolute Gasteiger partial charge is 0.342 e. The zero-order valence-electron chi connectivity index (χ0n) is 17.1. The summed E-state index contributed by atoms with van der Waals surface area (Å²) in [5.74, 6) is -0.348. The van der Waals surface area contributed by atoms with Gasteiger partial charge in [0.25, 0.3) is 0 Å². The molecule has 1 saturated heterocycles. The van der Waals surface area contributed by atoms with E-state index in [0.717, 1.165) is 29.7 Å². The van der Waals surface area contributed by atoms with Crippen LogP contribution >= 0.6 is 0 Å². The lowest BCUT2D eigenvalue weighted by molar-refractivity contribution is -0.134. The number of hydrogen-bond donors (Lipinski definition) is 1. The van der Waals surface area contributed by atoms with Crippen LogP contribution in [0.15, 0.2) is 48.5 Å². The zero-order valence-corrected chi connectivity index (χ0v) is 17.1. The van der Waals surface area contributed by atoms with Gasteiger partial charge in [-0.25, -0.2) is 0 Å². The number of hydrogen-bond acceptors (Lipinski definition) is 3. The van der Waals surface area contributed by atoms with E-state index in [4.69, 9.17) is 0 Å². The van der Waals surface area contributed by atoms with Crippen molar-refractivity contribution in [3.63, 3.8) is 0 Å². The number of nitrogens with zero attached hydrogens (tertiary/aromatic N) is 1. The molecule has 0 bridgehead atoms. The molecule has 5 heteroatoms. The minimum absolute atomic E-state index is 0.0168. The highest BCUT2D eigenvalue weighted by Gasteiger charge is 2.28. The number of nitrogens with one attached hydrogen (secondary N) is 1. The molecule has 3 rings (SSSR count). The van der Waals surface area contributed by atoms with Crippen molar-refractivity contribution in [3.8, 4) is 0 Å². The third-order valence-electron chi connectivity index (χ3n) is 5.58. The smallest absolute Gasteiger partial charge is 0.229 e. The molecule has 1 aliphatic rings. The molecule has 2 aromatic rings. The molecule has 1 atom stereocenters. The molecule has 0 saturated carbocycles. The Labute approximate surface area is 172 Å². The Morgan fingerprint density at radius 1 is 1.00 bits per heavy atom. The van der Waals surface area contributed by atoms with E-state index in [1.165, 1.54) is 0 Å². The second-order valence-corrected chi connectivity index (χ2v) is 7.76. The van der Waals surface area contributed by atoms with Crippen LogP contribution < -0.4 is 5.32 Å². The number of amides is 2. The van der Waals surface area contributed by atoms with Gasteiger partial charge in [-0.15, -0.1) is 0 Å². The molecular formula is C24H28N2O3. The van der Waals surface area contributed by atoms with Crippen LogP contribution in [0.1, 0.15) is 47.2 Å². The van der Waals surface area contributed by atoms with Gasteiger partial charge in [0.05, 0.1) is 5.92 Å². The highest BCUT2D eigenvalue weighted by Crippen LogP contribution is 2.20. The van der Waals surface area contributed by atoms with E-state index >= 15 is 0 Å². The lowest BCUT2D eigenvalue weighted by Gasteiger charge is -2.32. The minimum atomic E-state index is -0.219. The van der Waals surface area contributed by atoms with E-state index in [-0.39, 0.29) is 36.4 Å². The van der Waals surface area contributed by atoms with Gasteiger partial charge >= 0.3 is 0 Å². The summed E-state index contributed by atoms with van der Waals surface area (Å²) < 4.78 is 0. The van der Waals surface area contributed by atoms with Gasteiger partial charge in [0.15, 0.2) is 5.78 Å². The number of benzene rings is 2. The number of carbonyl (C=O) groups excluding carboxylic acids is 3. The SMILES string of the molecule is Cc1ccc(C(=O)CCC(=O)N2CCCC(C(=O)Nc3ccccc3)C2)cc1C. The lowest BCUT2D eigenvalue weighted by Crippen LogP contribution is -2.43. The minimum Gasteiger partial charge on any atom is -0.342 e. The van der Waals surface area contributed by atoms with Gasteiger partial charge in [-0.05, 0) is 56.0 Å². The first-order chi connectivity index (χ1) is 13.9. The Morgan fingerprint density at radius 2 is 1.76 bits per heavy atom. The van der Waals surface area contributed by atoms with E-state index in [1.807, 2.05) is 62.4 Å². The monoisotopic (exact) mass is 392 g/mol. The first-order valence-electron chi connectivity index (χ1n) is 10.2. The summed E-state index contributed by atoms with van der Waals surface area (Å²) in [5.41, 5.74) is 3.64. The summed E-state index contributed by atoms with van der Waals surface area (Å²) in [6.07, 6.45) is 1.94. The molecule has 5 nitrogen and oxygen atoms in total. The molecule has 1 unspecified atom stereocenters. The Morgan fingerprint density at radius 3 is 2.48 bits per heavy atom. The molecule has 2 aromatic carbocycles. The van der Waals surface area contributed by atoms with Gasteiger partial charge in [0.1, 0.15) is 0 Å². The fraction of sp³-hybridized carbons (Fsp3) is 0.375. The number of anilines is 1. The molecular weight excluding hydrogens is 364 g/mol. The van der Waals surface area contributed by atoms with Gasteiger partial charge in [-0.1, -0.05) is 30.3 Å². The van der Waals surface area contributed by atoms with Crippen molar-refractivity contribution in [2.75, 3.05) is 18.4 Å². The summed E-state index contributed by atoms with van der Waals surface area (Å²) in [5, 5.41) is 2.92. The van der Waals surface area contributed by atoms with Gasteiger partial charge < -0.3 is 10.2 Å². The second kappa shape index (κ2) is 9.50. The van der Waals surface area contributed by atoms with Gasteiger partial charge in [0, 0.05) is 37.2 Å². The lowest BCUT2D eigenvalue weighted by atomic mass is 9.96. The van der Waals surface area contributed by atoms with Crippen molar-refractivity contribution in [3.05, 3.63) is 65.2 Å². The maximum absolute atomic E-state index is 12.6. The van der Waals surface area contributed by atoms with Crippen LogP contribution in [0.5, 0.6) is 0 Å². The van der Waals surface area contributed by atoms with E-state index in [2.05, 4.69) is 5.32 Å². The third-order valence-corrected chi connectivity index (χ3v) is 5.58. The average Bonchev–Trinajstić information content (AvgIpc) is 2.74. The van der Waals surface area contributed by atoms with Crippen molar-refractivity contribution in [2.24, 2.45) is 5.92 Å². The molecule has 29 heavy (non-hydrogen) atoms. The Bertz CT molecular complexity index is 892. The molecule has 0 radical (unpaired) electrons. The Kier molecular flexibility index (Phi) is 6.81. The van der Waals surface area contributed by atoms with Crippen LogP contribution in [-0.4, -0.2) is 35.6 Å². The van der Waals surface area contributed by atoms with Gasteiger partial charge in [0.2, 0.25) is 11.8 Å². The molecule has 2 amide bonds. The summed E-state index contributed by atoms with van der Waals surface area (Å²) in [4.78, 5) is 39.3. The van der Waals surface area contributed by atoms with Crippen LogP contribution in [0.25, 0.3) is 0 Å². The molecule has 152 valence electrons. The Balaban J connectivity index is 1.52. The third kappa shape index (κ3) is 5.53. The summed E-state index contributed by atoms with van der Waals surface area (Å²) in [6, 6.07) is 15.0. The number of Topliss-reactive ketones (excluding diaryl/α,β-unsaturated/α-hetero) is 1. The van der Waals surface area contributed by atoms with Crippen LogP contribution in [0.3, 0.4) is 0 Å². The summed E-state index contributed by atoms with van der Waals surface area (Å²) >= 11 is 0. The van der Waals surface area contributed by atoms with Crippen LogP contribution in [0, 0.1) is 19.8 Å². The number of ketones is 1. The van der Waals surface area contributed by atoms with E-state index in [1.54, 1.807) is 4.90 Å². The molecule has 1 N–H and O–H groups in total. The standard InChI is InChI=1S/C24H28N2O3/c1-17-10-11-19(15-18(17)2)22(27)12-13-23(28)26-14-6-7-20(16-26)24(29)25-21-8-4-3-5-9-21/h3-5,8-11,15,20H,6-7,12-14,16H2,1-2H3,(H,25,29). The first kappa shape index (κ1) is 20.8. The molecule has 1 fully saturated rings. The second-order valence-electron chi connectivity index (χ2n) is 7.76. The van der Waals surface area contributed by atoms with E-state index in [9.17, 15) is 14.4 Å². The van der Waals surface area contributed by atoms with Crippen molar-refractivity contribution in [2.45, 2.75) is 39.5 Å². The van der Waals surface area contributed by atoms with Crippen LogP contribution in [0.2, 0.25) is 0 Å². The summed E-state index contributed by atoms with van der Waals surface area (Å²) in [7, 11) is 0. The quantitative estimate of drug-likeness (QED) is 0.751. The number of carbonyl (C=O) groups is 3. The molecule has 1 heterocycles. The Hall–Kier alpha value is -2.95. The van der Waals surface area contributed by atoms with Crippen molar-refractivity contribution < 1.29 is 14.4 Å². The zero-order chi connectivity index (χ0) is 20.8. The van der Waals surface area contributed by atoms with Gasteiger partial charge in [-0.3, -0.25) is 14.4 Å². The number of rotatable bonds is 6. The molecule has 0 aliphatic carbocycles. The topological polar surface area (TPSA) is 66.5 Å². The fourth-order valence-corrected chi connectivity index (χ4v) is 3.62. The number of para-hydroxylation sites is 1. The van der Waals surface area contributed by atoms with E-state index < -0.39 is 0 Å². The number of likely N-dealkylation sites (tertiary alicyclic amines) is 1. The van der Waals surface area contributed by atoms with Crippen LogP contribution in [-0.2, 0) is 9.59 Å². The maximum Gasteiger partial charge on any atom is 0.229 e. The average molecular weight is 392 g/mol. The van der Waals surface area contributed by atoms with Crippen LogP contribution in [0.4, 0.5) is 5.69 Å². The molecule has 0 spiro atoms. The first-order valence-corrected chi connectivity index (χ1v) is 10.2. The normalized spacial score (nSPS) is 16.3. The molecule has 1 aliphatic heterocycles. The highest BCUT2D eigenvalue weighted by molar-refractivity contribution is 5.98. The predicted molar refractivity (Wildman–Crippen MR) is 114 cm³/mol. The van der Waals surface area contributed by atoms with Crippen molar-refractivity contribution in [1.29, 1.82) is 0 Å². The van der Waals surface area contributed by atoms with Crippen molar-refractivity contribution >= 4 is 23.3 Å². The fourth-order valence-electron chi connectivity index (χ4n) is 3.62. The summed E-state index contributed by atoms with van der Waals surface area (Å²) in [6.45, 7) is 5.04. The maximum atomic E-state index is 12.6. The van der Waals surface area contributed by atoms with Gasteiger partial charge in [-0.2, -0.15) is 0 Å². The molecule has 0 aromatic heterocycles. The van der Waals surface area contributed by atoms with Crippen molar-refractivity contribution in [1.82, 2.24) is 4.90 Å². The number of piperidine rings is 1. The van der Waals surface area contributed by atoms with E-state index in [0.29, 0.717) is 18.7 Å².